The van der Waals surface area contributed by atoms with Crippen LogP contribution in [0.1, 0.15) is 10.5 Å². The highest BCUT2D eigenvalue weighted by Crippen LogP contribution is 2.27. The van der Waals surface area contributed by atoms with E-state index in [1.165, 1.54) is 24.6 Å². The van der Waals surface area contributed by atoms with Crippen LogP contribution in [0.4, 0.5) is 5.13 Å². The number of carbonyl (C=O) groups excluding carboxylic acids is 1. The first-order valence-electron chi connectivity index (χ1n) is 6.58. The summed E-state index contributed by atoms with van der Waals surface area (Å²) in [5, 5.41) is 9.91. The molecule has 0 spiro atoms. The Morgan fingerprint density at radius 2 is 2.10 bits per heavy atom. The summed E-state index contributed by atoms with van der Waals surface area (Å²) in [5.41, 5.74) is 0.309. The highest BCUT2D eigenvalue weighted by atomic mass is 32.1. The minimum absolute atomic E-state index is 0.309. The van der Waals surface area contributed by atoms with Crippen molar-refractivity contribution >= 4 is 22.4 Å². The van der Waals surface area contributed by atoms with Crippen molar-refractivity contribution in [2.45, 2.75) is 0 Å². The lowest BCUT2D eigenvalue weighted by Crippen LogP contribution is -2.44. The molecule has 0 amide bonds. The summed E-state index contributed by atoms with van der Waals surface area (Å²) in [5.74, 6) is 0.0887. The second-order valence-corrected chi connectivity index (χ2v) is 5.77. The van der Waals surface area contributed by atoms with E-state index in [1.807, 2.05) is 0 Å². The predicted octanol–water partition coefficient (Wildman–Crippen LogP) is 0.467. The zero-order chi connectivity index (χ0) is 14.8. The number of esters is 1. The van der Waals surface area contributed by atoms with Gasteiger partial charge in [-0.2, -0.15) is 0 Å². The number of imidazole rings is 1. The van der Waals surface area contributed by atoms with Gasteiger partial charge in [-0.25, -0.2) is 9.78 Å². The number of hydrogen-bond acceptors (Lipinski definition) is 8. The molecule has 3 rings (SSSR count). The van der Waals surface area contributed by atoms with E-state index >= 15 is 0 Å². The summed E-state index contributed by atoms with van der Waals surface area (Å²) < 4.78 is 4.64. The lowest BCUT2D eigenvalue weighted by atomic mass is 10.3. The lowest BCUT2D eigenvalue weighted by Gasteiger charge is -2.31. The van der Waals surface area contributed by atoms with Crippen LogP contribution in [0.2, 0.25) is 0 Å². The molecule has 0 aliphatic carbocycles. The number of rotatable bonds is 3. The Kier molecular flexibility index (Phi) is 3.84. The zero-order valence-corrected chi connectivity index (χ0v) is 12.7. The lowest BCUT2D eigenvalue weighted by molar-refractivity contribution is 0.0595. The molecule has 0 saturated carbocycles. The van der Waals surface area contributed by atoms with Crippen molar-refractivity contribution in [3.05, 3.63) is 11.9 Å². The Morgan fingerprint density at radius 3 is 2.81 bits per heavy atom. The van der Waals surface area contributed by atoms with E-state index in [0.717, 1.165) is 31.3 Å². The Hall–Kier alpha value is -2.00. The van der Waals surface area contributed by atoms with Crippen molar-refractivity contribution in [2.24, 2.45) is 0 Å². The number of piperazine rings is 1. The van der Waals surface area contributed by atoms with Gasteiger partial charge in [-0.15, -0.1) is 10.2 Å². The molecule has 1 aliphatic heterocycles. The number of nitrogens with one attached hydrogen (secondary N) is 1. The topological polar surface area (TPSA) is 87.2 Å². The summed E-state index contributed by atoms with van der Waals surface area (Å²) >= 11 is 1.47. The number of aromatic nitrogens is 4. The normalized spacial score (nSPS) is 16.2. The van der Waals surface area contributed by atoms with Crippen LogP contribution in [0.5, 0.6) is 0 Å². The number of H-pyrrole nitrogens is 1. The average Bonchev–Trinajstić information content (AvgIpc) is 3.16. The molecule has 21 heavy (non-hydrogen) atoms. The molecular weight excluding hydrogens is 292 g/mol. The van der Waals surface area contributed by atoms with E-state index in [9.17, 15) is 4.79 Å². The van der Waals surface area contributed by atoms with Crippen LogP contribution < -0.4 is 4.90 Å². The smallest absolute Gasteiger partial charge is 0.356 e. The molecule has 1 aliphatic rings. The van der Waals surface area contributed by atoms with Gasteiger partial charge in [-0.05, 0) is 7.05 Å². The van der Waals surface area contributed by atoms with Gasteiger partial charge in [0, 0.05) is 26.2 Å². The van der Waals surface area contributed by atoms with Crippen LogP contribution in [0.3, 0.4) is 0 Å². The molecule has 8 nitrogen and oxygen atoms in total. The van der Waals surface area contributed by atoms with Crippen LogP contribution >= 0.6 is 11.3 Å². The number of ether oxygens (including phenoxy) is 1. The zero-order valence-electron chi connectivity index (χ0n) is 11.9. The number of nitrogens with zero attached hydrogens (tertiary/aromatic N) is 5. The minimum atomic E-state index is -0.447. The number of carbonyl (C=O) groups is 1. The molecule has 0 radical (unpaired) electrons. The summed E-state index contributed by atoms with van der Waals surface area (Å²) in [6.07, 6.45) is 1.44. The third-order valence-electron chi connectivity index (χ3n) is 3.37. The summed E-state index contributed by atoms with van der Waals surface area (Å²) in [4.78, 5) is 23.0. The third kappa shape index (κ3) is 2.88. The van der Waals surface area contributed by atoms with E-state index in [2.05, 4.69) is 41.7 Å². The second kappa shape index (κ2) is 5.78. The monoisotopic (exact) mass is 308 g/mol. The van der Waals surface area contributed by atoms with Gasteiger partial charge >= 0.3 is 5.97 Å². The van der Waals surface area contributed by atoms with Crippen LogP contribution in [-0.2, 0) is 4.74 Å². The first-order chi connectivity index (χ1) is 10.2. The molecule has 3 heterocycles. The van der Waals surface area contributed by atoms with Gasteiger partial charge in [-0.3, -0.25) is 0 Å². The first kappa shape index (κ1) is 14.0. The minimum Gasteiger partial charge on any atom is -0.464 e. The quantitative estimate of drug-likeness (QED) is 0.824. The van der Waals surface area contributed by atoms with E-state index in [4.69, 9.17) is 0 Å². The van der Waals surface area contributed by atoms with Gasteiger partial charge in [0.2, 0.25) is 5.13 Å². The number of anilines is 1. The van der Waals surface area contributed by atoms with Crippen molar-refractivity contribution in [1.29, 1.82) is 0 Å². The Morgan fingerprint density at radius 1 is 1.33 bits per heavy atom. The van der Waals surface area contributed by atoms with Crippen molar-refractivity contribution < 1.29 is 9.53 Å². The molecule has 0 bridgehead atoms. The highest BCUT2D eigenvalue weighted by molar-refractivity contribution is 7.18. The van der Waals surface area contributed by atoms with Gasteiger partial charge in [0.05, 0.1) is 13.3 Å². The summed E-state index contributed by atoms with van der Waals surface area (Å²) in [6.45, 7) is 3.91. The Labute approximate surface area is 125 Å². The van der Waals surface area contributed by atoms with Crippen LogP contribution in [0.25, 0.3) is 10.8 Å². The molecule has 0 atom stereocenters. The first-order valence-corrected chi connectivity index (χ1v) is 7.39. The number of likely N-dealkylation sites (N-methyl/N-ethyl adjacent to an activating group) is 1. The van der Waals surface area contributed by atoms with Gasteiger partial charge in [-0.1, -0.05) is 11.3 Å². The van der Waals surface area contributed by atoms with Crippen LogP contribution in [0.15, 0.2) is 6.20 Å². The standard InChI is InChI=1S/C12H16N6O2S/c1-17-3-5-18(6-4-17)12-16-15-10(21-12)9-13-7-8(14-9)11(19)20-2/h7H,3-6H2,1-2H3,(H,13,14). The van der Waals surface area contributed by atoms with Gasteiger partial charge in [0.25, 0.3) is 0 Å². The van der Waals surface area contributed by atoms with Crippen LogP contribution in [0, 0.1) is 0 Å². The fourth-order valence-electron chi connectivity index (χ4n) is 2.08. The molecule has 2 aromatic rings. The molecule has 9 heteroatoms. The molecule has 0 unspecified atom stereocenters. The maximum Gasteiger partial charge on any atom is 0.356 e. The average molecular weight is 308 g/mol. The van der Waals surface area contributed by atoms with E-state index in [-0.39, 0.29) is 0 Å². The number of aromatic amines is 1. The van der Waals surface area contributed by atoms with Gasteiger partial charge in [0.1, 0.15) is 5.69 Å². The molecule has 2 aromatic heterocycles. The van der Waals surface area contributed by atoms with Crippen LogP contribution in [-0.4, -0.2) is 71.4 Å². The van der Waals surface area contributed by atoms with Gasteiger partial charge < -0.3 is 19.5 Å². The Balaban J connectivity index is 1.75. The maximum absolute atomic E-state index is 11.4. The van der Waals surface area contributed by atoms with Crippen molar-refractivity contribution in [3.8, 4) is 10.8 Å². The third-order valence-corrected chi connectivity index (χ3v) is 4.36. The fourth-order valence-corrected chi connectivity index (χ4v) is 2.93. The fraction of sp³-hybridized carbons (Fsp3) is 0.500. The summed E-state index contributed by atoms with van der Waals surface area (Å²) in [7, 11) is 3.44. The number of hydrogen-bond donors (Lipinski definition) is 1. The second-order valence-electron chi connectivity index (χ2n) is 4.82. The molecule has 1 saturated heterocycles. The van der Waals surface area contributed by atoms with E-state index < -0.39 is 5.97 Å². The molecule has 1 N–H and O–H groups in total. The molecule has 1 fully saturated rings. The largest absolute Gasteiger partial charge is 0.464 e. The maximum atomic E-state index is 11.4. The molecular formula is C12H16N6O2S. The van der Waals surface area contributed by atoms with E-state index in [1.54, 1.807) is 0 Å². The van der Waals surface area contributed by atoms with E-state index in [0.29, 0.717) is 16.5 Å². The summed E-state index contributed by atoms with van der Waals surface area (Å²) in [6, 6.07) is 0. The SMILES string of the molecule is COC(=O)c1cnc(-c2nnc(N3CCN(C)CC3)s2)[nH]1. The highest BCUT2D eigenvalue weighted by Gasteiger charge is 2.20. The Bertz CT molecular complexity index is 631. The molecule has 0 aromatic carbocycles. The van der Waals surface area contributed by atoms with Crippen molar-refractivity contribution in [2.75, 3.05) is 45.2 Å². The molecule has 112 valence electrons. The van der Waals surface area contributed by atoms with Crippen molar-refractivity contribution in [3.63, 3.8) is 0 Å². The predicted molar refractivity (Wildman–Crippen MR) is 78.5 cm³/mol. The van der Waals surface area contributed by atoms with Gasteiger partial charge in [0.15, 0.2) is 10.8 Å². The number of methoxy groups -OCH3 is 1. The van der Waals surface area contributed by atoms with Crippen molar-refractivity contribution in [1.82, 2.24) is 25.1 Å².